The molecule has 5 heteroatoms. The number of benzene rings is 1. The third-order valence-electron chi connectivity index (χ3n) is 3.52. The molecule has 1 aromatic heterocycles. The first-order chi connectivity index (χ1) is 9.51. The van der Waals surface area contributed by atoms with Gasteiger partial charge in [-0.25, -0.2) is 0 Å². The van der Waals surface area contributed by atoms with E-state index in [1.807, 2.05) is 31.3 Å². The van der Waals surface area contributed by atoms with Gasteiger partial charge in [0.05, 0.1) is 5.92 Å². The number of hydrogen-bond acceptors (Lipinski definition) is 2. The fourth-order valence-corrected chi connectivity index (χ4v) is 2.47. The number of aliphatic carboxylic acids is 1. The number of carboxylic acids is 1. The van der Waals surface area contributed by atoms with Crippen LogP contribution >= 0.6 is 11.6 Å². The summed E-state index contributed by atoms with van der Waals surface area (Å²) in [7, 11) is 0. The van der Waals surface area contributed by atoms with Gasteiger partial charge in [-0.1, -0.05) is 31.5 Å². The molecule has 20 heavy (non-hydrogen) atoms. The van der Waals surface area contributed by atoms with Gasteiger partial charge in [-0.05, 0) is 24.2 Å². The van der Waals surface area contributed by atoms with E-state index in [1.165, 1.54) is 0 Å². The van der Waals surface area contributed by atoms with Crippen molar-refractivity contribution in [2.75, 3.05) is 13.1 Å². The number of aromatic amines is 1. The average Bonchev–Trinajstić information content (AvgIpc) is 2.79. The van der Waals surface area contributed by atoms with Gasteiger partial charge in [0.2, 0.25) is 0 Å². The van der Waals surface area contributed by atoms with Crippen LogP contribution < -0.4 is 0 Å². The molecule has 0 radical (unpaired) electrons. The lowest BCUT2D eigenvalue weighted by Crippen LogP contribution is -2.31. The Morgan fingerprint density at radius 2 is 2.25 bits per heavy atom. The lowest BCUT2D eigenvalue weighted by Gasteiger charge is -2.22. The van der Waals surface area contributed by atoms with Crippen molar-refractivity contribution in [3.05, 3.63) is 35.0 Å². The third kappa shape index (κ3) is 3.32. The number of carbonyl (C=O) groups is 1. The minimum absolute atomic E-state index is 0.366. The highest BCUT2D eigenvalue weighted by atomic mass is 35.5. The minimum Gasteiger partial charge on any atom is -0.481 e. The maximum Gasteiger partial charge on any atom is 0.307 e. The Kier molecular flexibility index (Phi) is 4.68. The molecule has 2 N–H and O–H groups in total. The van der Waals surface area contributed by atoms with Crippen LogP contribution in [0.5, 0.6) is 0 Å². The molecule has 2 rings (SSSR count). The normalized spacial score (nSPS) is 13.0. The summed E-state index contributed by atoms with van der Waals surface area (Å²) in [6.07, 6.45) is 1.97. The van der Waals surface area contributed by atoms with Crippen molar-refractivity contribution >= 4 is 28.5 Å². The number of carboxylic acid groups (broad SMARTS) is 1. The molecule has 0 aliphatic heterocycles. The molecule has 0 spiro atoms. The van der Waals surface area contributed by atoms with Crippen LogP contribution in [-0.2, 0) is 11.3 Å². The Bertz CT molecular complexity index is 609. The van der Waals surface area contributed by atoms with Crippen LogP contribution in [0.25, 0.3) is 10.9 Å². The van der Waals surface area contributed by atoms with Crippen molar-refractivity contribution in [3.8, 4) is 0 Å². The van der Waals surface area contributed by atoms with Crippen LogP contribution in [0.4, 0.5) is 0 Å². The van der Waals surface area contributed by atoms with Crippen LogP contribution in [0.2, 0.25) is 5.02 Å². The van der Waals surface area contributed by atoms with Gasteiger partial charge < -0.3 is 10.1 Å². The summed E-state index contributed by atoms with van der Waals surface area (Å²) in [6, 6.07) is 5.77. The number of aromatic nitrogens is 1. The van der Waals surface area contributed by atoms with Crippen molar-refractivity contribution in [2.45, 2.75) is 20.4 Å². The molecule has 0 aliphatic rings. The monoisotopic (exact) mass is 294 g/mol. The summed E-state index contributed by atoms with van der Waals surface area (Å²) in [4.78, 5) is 16.3. The van der Waals surface area contributed by atoms with Crippen molar-refractivity contribution < 1.29 is 9.90 Å². The number of fused-ring (bicyclic) bond motifs is 1. The molecule has 1 unspecified atom stereocenters. The molecule has 0 amide bonds. The maximum absolute atomic E-state index is 11.0. The van der Waals surface area contributed by atoms with Crippen LogP contribution in [0, 0.1) is 5.92 Å². The largest absolute Gasteiger partial charge is 0.481 e. The van der Waals surface area contributed by atoms with E-state index >= 15 is 0 Å². The molecule has 0 saturated heterocycles. The molecule has 1 atom stereocenters. The standard InChI is InChI=1S/C15H19ClN2O2/c1-3-18(8-10(2)15(19)20)9-11-7-17-14-6-12(16)4-5-13(11)14/h4-7,10,17H,3,8-9H2,1-2H3,(H,19,20). The SMILES string of the molecule is CCN(Cc1c[nH]c2cc(Cl)ccc12)CC(C)C(=O)O. The smallest absolute Gasteiger partial charge is 0.307 e. The summed E-state index contributed by atoms with van der Waals surface area (Å²) >= 11 is 5.97. The van der Waals surface area contributed by atoms with E-state index < -0.39 is 5.97 Å². The van der Waals surface area contributed by atoms with Gasteiger partial charge in [-0.2, -0.15) is 0 Å². The van der Waals surface area contributed by atoms with Gasteiger partial charge in [0.25, 0.3) is 0 Å². The number of rotatable bonds is 6. The average molecular weight is 295 g/mol. The van der Waals surface area contributed by atoms with Crippen molar-refractivity contribution in [2.24, 2.45) is 5.92 Å². The van der Waals surface area contributed by atoms with Crippen molar-refractivity contribution in [1.82, 2.24) is 9.88 Å². The second-order valence-electron chi connectivity index (χ2n) is 5.07. The topological polar surface area (TPSA) is 56.3 Å². The first-order valence-electron chi connectivity index (χ1n) is 6.72. The number of nitrogens with one attached hydrogen (secondary N) is 1. The summed E-state index contributed by atoms with van der Waals surface area (Å²) in [6.45, 7) is 5.88. The highest BCUT2D eigenvalue weighted by molar-refractivity contribution is 6.31. The van der Waals surface area contributed by atoms with Gasteiger partial charge in [-0.15, -0.1) is 0 Å². The quantitative estimate of drug-likeness (QED) is 0.859. The number of halogens is 1. The van der Waals surface area contributed by atoms with Crippen LogP contribution in [0.3, 0.4) is 0 Å². The molecule has 2 aromatic rings. The van der Waals surface area contributed by atoms with Gasteiger partial charge in [0.1, 0.15) is 0 Å². The van der Waals surface area contributed by atoms with E-state index in [4.69, 9.17) is 16.7 Å². The fraction of sp³-hybridized carbons (Fsp3) is 0.400. The molecule has 0 aliphatic carbocycles. The lowest BCUT2D eigenvalue weighted by atomic mass is 10.1. The predicted molar refractivity (Wildman–Crippen MR) is 81.1 cm³/mol. The number of hydrogen-bond donors (Lipinski definition) is 2. The molecule has 0 bridgehead atoms. The Hall–Kier alpha value is -1.52. The summed E-state index contributed by atoms with van der Waals surface area (Å²) in [5.74, 6) is -1.12. The van der Waals surface area contributed by atoms with E-state index in [0.717, 1.165) is 29.6 Å². The number of H-pyrrole nitrogens is 1. The first-order valence-corrected chi connectivity index (χ1v) is 7.09. The summed E-state index contributed by atoms with van der Waals surface area (Å²) in [5.41, 5.74) is 2.17. The first kappa shape index (κ1) is 14.9. The molecule has 0 saturated carbocycles. The van der Waals surface area contributed by atoms with Gasteiger partial charge >= 0.3 is 5.97 Å². The maximum atomic E-state index is 11.0. The Labute approximate surface area is 123 Å². The second kappa shape index (κ2) is 6.29. The van der Waals surface area contributed by atoms with E-state index in [0.29, 0.717) is 11.6 Å². The zero-order chi connectivity index (χ0) is 14.7. The molecular formula is C15H19ClN2O2. The van der Waals surface area contributed by atoms with Gasteiger partial charge in [0, 0.05) is 35.2 Å². The Balaban J connectivity index is 2.15. The molecular weight excluding hydrogens is 276 g/mol. The van der Waals surface area contributed by atoms with Crippen molar-refractivity contribution in [3.63, 3.8) is 0 Å². The van der Waals surface area contributed by atoms with Gasteiger partial charge in [-0.3, -0.25) is 9.69 Å². The molecule has 4 nitrogen and oxygen atoms in total. The van der Waals surface area contributed by atoms with E-state index in [2.05, 4.69) is 9.88 Å². The Morgan fingerprint density at radius 1 is 1.50 bits per heavy atom. The predicted octanol–water partition coefficient (Wildman–Crippen LogP) is 3.36. The van der Waals surface area contributed by atoms with Crippen LogP contribution in [0.1, 0.15) is 19.4 Å². The van der Waals surface area contributed by atoms with E-state index in [9.17, 15) is 4.79 Å². The molecule has 0 fully saturated rings. The minimum atomic E-state index is -0.755. The highest BCUT2D eigenvalue weighted by Crippen LogP contribution is 2.23. The van der Waals surface area contributed by atoms with E-state index in [1.54, 1.807) is 6.92 Å². The van der Waals surface area contributed by atoms with Crippen LogP contribution in [-0.4, -0.2) is 34.0 Å². The number of nitrogens with zero attached hydrogens (tertiary/aromatic N) is 1. The molecule has 1 aromatic carbocycles. The third-order valence-corrected chi connectivity index (χ3v) is 3.76. The summed E-state index contributed by atoms with van der Waals surface area (Å²) < 4.78 is 0. The van der Waals surface area contributed by atoms with Gasteiger partial charge in [0.15, 0.2) is 0 Å². The van der Waals surface area contributed by atoms with E-state index in [-0.39, 0.29) is 5.92 Å². The Morgan fingerprint density at radius 3 is 2.90 bits per heavy atom. The highest BCUT2D eigenvalue weighted by Gasteiger charge is 2.16. The molecule has 108 valence electrons. The zero-order valence-electron chi connectivity index (χ0n) is 11.7. The second-order valence-corrected chi connectivity index (χ2v) is 5.51. The summed E-state index contributed by atoms with van der Waals surface area (Å²) in [5, 5.41) is 10.8. The fourth-order valence-electron chi connectivity index (χ4n) is 2.30. The molecule has 1 heterocycles. The lowest BCUT2D eigenvalue weighted by molar-refractivity contribution is -0.141. The van der Waals surface area contributed by atoms with Crippen LogP contribution in [0.15, 0.2) is 24.4 Å². The van der Waals surface area contributed by atoms with Crippen molar-refractivity contribution in [1.29, 1.82) is 0 Å². The zero-order valence-corrected chi connectivity index (χ0v) is 12.4.